The molecule has 0 atom stereocenters. The Hall–Kier alpha value is -5.10. The smallest absolute Gasteiger partial charge is 0.198 e. The zero-order valence-electron chi connectivity index (χ0n) is 35.4. The highest BCUT2D eigenvalue weighted by Gasteiger charge is 2.38. The third-order valence-corrected chi connectivity index (χ3v) is 16.2. The second-order valence-corrected chi connectivity index (χ2v) is 20.9. The van der Waals surface area contributed by atoms with Crippen LogP contribution in [0.2, 0.25) is 0 Å². The van der Waals surface area contributed by atoms with Crippen molar-refractivity contribution in [2.45, 2.75) is 98.6 Å². The summed E-state index contributed by atoms with van der Waals surface area (Å²) in [6.45, 7) is 18.8. The first-order valence-electron chi connectivity index (χ1n) is 21.2. The molecule has 3 heterocycles. The number of hydrogen-bond acceptors (Lipinski definition) is 3. The predicted molar refractivity (Wildman–Crippen MR) is 257 cm³/mol. The van der Waals surface area contributed by atoms with Crippen LogP contribution in [0.15, 0.2) is 135 Å². The molecule has 0 radical (unpaired) electrons. The molecular weight excluding hydrogens is 752 g/mol. The summed E-state index contributed by atoms with van der Waals surface area (Å²) in [5, 5.41) is 6.80. The van der Waals surface area contributed by atoms with Gasteiger partial charge < -0.3 is 9.88 Å². The van der Waals surface area contributed by atoms with Crippen LogP contribution < -0.4 is 16.2 Å². The topological polar surface area (TPSA) is 17.0 Å². The van der Waals surface area contributed by atoms with Crippen molar-refractivity contribution >= 4 is 74.9 Å². The number of aromatic nitrogens is 1. The van der Waals surface area contributed by atoms with Gasteiger partial charge in [0.2, 0.25) is 0 Å². The highest BCUT2D eigenvalue weighted by Crippen LogP contribution is 2.53. The maximum absolute atomic E-state index is 4.16. The fourth-order valence-electron chi connectivity index (χ4n) is 10.6. The van der Waals surface area contributed by atoms with E-state index in [0.29, 0.717) is 0 Å². The Balaban J connectivity index is 1.20. The van der Waals surface area contributed by atoms with Gasteiger partial charge in [0.15, 0.2) is 7.28 Å². The van der Waals surface area contributed by atoms with Crippen molar-refractivity contribution in [2.75, 3.05) is 5.32 Å². The number of rotatable bonds is 4. The van der Waals surface area contributed by atoms with Gasteiger partial charge in [-0.2, -0.15) is 0 Å². The van der Waals surface area contributed by atoms with Gasteiger partial charge in [-0.05, 0) is 150 Å². The molecule has 0 unspecified atom stereocenters. The zero-order valence-corrected chi connectivity index (χ0v) is 37.0. The maximum atomic E-state index is 4.16. The molecule has 8 aromatic rings. The van der Waals surface area contributed by atoms with Crippen molar-refractivity contribution in [1.29, 1.82) is 0 Å². The minimum atomic E-state index is 0.110. The number of nitrogens with zero attached hydrogens (tertiary/aromatic N) is 1. The second-order valence-electron chi connectivity index (χ2n) is 18.7. The normalized spacial score (nSPS) is 15.6. The van der Waals surface area contributed by atoms with Crippen LogP contribution in [0.1, 0.15) is 73.9 Å². The molecule has 2 nitrogen and oxygen atoms in total. The lowest BCUT2D eigenvalue weighted by atomic mass is 9.58. The van der Waals surface area contributed by atoms with E-state index in [2.05, 4.69) is 181 Å². The molecule has 59 heavy (non-hydrogen) atoms. The number of hydrogen-bond donors (Lipinski definition) is 1. The van der Waals surface area contributed by atoms with Gasteiger partial charge in [-0.25, -0.2) is 0 Å². The minimum Gasteiger partial charge on any atom is -0.355 e. The molecule has 0 fully saturated rings. The Morgan fingerprint density at radius 3 is 1.95 bits per heavy atom. The van der Waals surface area contributed by atoms with Gasteiger partial charge in [0.1, 0.15) is 0 Å². The van der Waals surface area contributed by atoms with Crippen molar-refractivity contribution in [3.8, 4) is 27.9 Å². The average Bonchev–Trinajstić information content (AvgIpc) is 3.55. The molecule has 3 aliphatic rings. The molecular formula is C54H49BN2S2. The first-order valence-corrected chi connectivity index (χ1v) is 22.8. The minimum absolute atomic E-state index is 0.110. The van der Waals surface area contributed by atoms with Gasteiger partial charge in [-0.1, -0.05) is 129 Å². The summed E-state index contributed by atoms with van der Waals surface area (Å²) in [7, 11) is 0.868. The highest BCUT2D eigenvalue weighted by atomic mass is 32.2. The largest absolute Gasteiger partial charge is 0.355 e. The number of anilines is 2. The first kappa shape index (κ1) is 36.9. The lowest BCUT2D eigenvalue weighted by Gasteiger charge is -2.42. The molecule has 5 heteroatoms. The highest BCUT2D eigenvalue weighted by molar-refractivity contribution is 8.05. The van der Waals surface area contributed by atoms with Crippen molar-refractivity contribution in [1.82, 2.24) is 4.57 Å². The SMILES string of the molecule is Cc1cc(C)c(-c2cc(-c3cc4c(cc3Nc3cc5c(cc3C)C(C)(C)CCC5(C)C)Sc3ccccc3S4)c3c(c2)-n2c4ccccc4c4cccc(c42)B3)c(C)c1. The summed E-state index contributed by atoms with van der Waals surface area (Å²) in [4.78, 5) is 5.26. The van der Waals surface area contributed by atoms with E-state index in [1.165, 1.54) is 132 Å². The Labute approximate surface area is 358 Å². The molecule has 7 aromatic carbocycles. The number of aryl methyl sites for hydroxylation is 4. The summed E-state index contributed by atoms with van der Waals surface area (Å²) in [6.07, 6.45) is 2.39. The van der Waals surface area contributed by atoms with E-state index in [1.54, 1.807) is 0 Å². The molecule has 11 rings (SSSR count). The van der Waals surface area contributed by atoms with Gasteiger partial charge >= 0.3 is 0 Å². The summed E-state index contributed by atoms with van der Waals surface area (Å²) in [5.41, 5.74) is 22.6. The zero-order chi connectivity index (χ0) is 40.5. The summed E-state index contributed by atoms with van der Waals surface area (Å²) in [5.74, 6) is 0. The van der Waals surface area contributed by atoms with E-state index >= 15 is 0 Å². The van der Waals surface area contributed by atoms with E-state index < -0.39 is 0 Å². The van der Waals surface area contributed by atoms with Crippen LogP contribution in [-0.2, 0) is 10.8 Å². The van der Waals surface area contributed by atoms with Crippen LogP contribution in [-0.4, -0.2) is 11.8 Å². The van der Waals surface area contributed by atoms with Gasteiger partial charge in [-0.15, -0.1) is 0 Å². The molecule has 290 valence electrons. The third kappa shape index (κ3) is 5.79. The van der Waals surface area contributed by atoms with Crippen LogP contribution in [0, 0.1) is 27.7 Å². The van der Waals surface area contributed by atoms with E-state index in [-0.39, 0.29) is 10.8 Å². The Kier molecular flexibility index (Phi) is 8.27. The Morgan fingerprint density at radius 2 is 1.22 bits per heavy atom. The monoisotopic (exact) mass is 800 g/mol. The second kappa shape index (κ2) is 13.2. The van der Waals surface area contributed by atoms with Crippen molar-refractivity contribution < 1.29 is 0 Å². The summed E-state index contributed by atoms with van der Waals surface area (Å²) in [6, 6.07) is 44.4. The summed E-state index contributed by atoms with van der Waals surface area (Å²) >= 11 is 3.80. The average molecular weight is 801 g/mol. The van der Waals surface area contributed by atoms with Crippen LogP contribution in [0.5, 0.6) is 0 Å². The van der Waals surface area contributed by atoms with Crippen molar-refractivity contribution in [2.24, 2.45) is 0 Å². The lowest BCUT2D eigenvalue weighted by Crippen LogP contribution is -2.37. The third-order valence-electron chi connectivity index (χ3n) is 13.7. The number of nitrogens with one attached hydrogen (secondary N) is 1. The molecule has 0 bridgehead atoms. The predicted octanol–water partition coefficient (Wildman–Crippen LogP) is 13.8. The van der Waals surface area contributed by atoms with E-state index in [1.807, 2.05) is 23.5 Å². The maximum Gasteiger partial charge on any atom is 0.198 e. The van der Waals surface area contributed by atoms with Gasteiger partial charge in [0.25, 0.3) is 0 Å². The van der Waals surface area contributed by atoms with Gasteiger partial charge in [0.05, 0.1) is 5.52 Å². The molecule has 1 aliphatic carbocycles. The van der Waals surface area contributed by atoms with Crippen LogP contribution in [0.3, 0.4) is 0 Å². The summed E-state index contributed by atoms with van der Waals surface area (Å²) < 4.78 is 2.58. The lowest BCUT2D eigenvalue weighted by molar-refractivity contribution is 0.332. The van der Waals surface area contributed by atoms with Crippen molar-refractivity contribution in [3.05, 3.63) is 149 Å². The Morgan fingerprint density at radius 1 is 0.576 bits per heavy atom. The molecule has 0 saturated carbocycles. The molecule has 0 amide bonds. The molecule has 1 N–H and O–H groups in total. The number of para-hydroxylation sites is 2. The fraction of sp³-hybridized carbons (Fsp3) is 0.222. The van der Waals surface area contributed by atoms with E-state index in [9.17, 15) is 0 Å². The van der Waals surface area contributed by atoms with E-state index in [4.69, 9.17) is 0 Å². The van der Waals surface area contributed by atoms with Gasteiger partial charge in [0, 0.05) is 58.5 Å². The number of benzene rings is 7. The van der Waals surface area contributed by atoms with Crippen LogP contribution in [0.4, 0.5) is 11.4 Å². The first-order chi connectivity index (χ1) is 28.3. The Bertz CT molecular complexity index is 3090. The molecule has 2 aliphatic heterocycles. The van der Waals surface area contributed by atoms with Gasteiger partial charge in [-0.3, -0.25) is 0 Å². The molecule has 1 aromatic heterocycles. The van der Waals surface area contributed by atoms with Crippen LogP contribution >= 0.6 is 23.5 Å². The standard InChI is InChI=1S/C54H49BN2S2/c1-30-22-32(3)50(33(4)23-30)34-25-38(51-45(26-34)57-44-17-10-9-14-35(44)36-15-13-16-41(55-51)52(36)57)37-27-48-49(59-47-19-12-11-18-46(47)58-48)29-43(37)56-42-28-40-39(24-31(42)2)53(5,6)20-21-54(40,7)8/h9-19,22-29,55-56H,20-21H2,1-8H3. The fourth-order valence-corrected chi connectivity index (χ4v) is 12.9. The van der Waals surface area contributed by atoms with Crippen molar-refractivity contribution in [3.63, 3.8) is 0 Å². The van der Waals surface area contributed by atoms with Crippen LogP contribution in [0.25, 0.3) is 49.7 Å². The number of fused-ring (bicyclic) bond motifs is 8. The van der Waals surface area contributed by atoms with E-state index in [0.717, 1.165) is 13.0 Å². The molecule has 0 saturated heterocycles. The molecule has 0 spiro atoms. The quantitative estimate of drug-likeness (QED) is 0.179.